The third kappa shape index (κ3) is 6.64. The summed E-state index contributed by atoms with van der Waals surface area (Å²) in [6.07, 6.45) is 1.07. The normalized spacial score (nSPS) is 21.8. The molecule has 0 amide bonds. The minimum Gasteiger partial charge on any atom is -0.497 e. The smallest absolute Gasteiger partial charge is 0.191 e. The molecule has 8 heteroatoms. The van der Waals surface area contributed by atoms with Gasteiger partial charge < -0.3 is 29.9 Å². The summed E-state index contributed by atoms with van der Waals surface area (Å²) in [4.78, 5) is 12.2. The summed E-state index contributed by atoms with van der Waals surface area (Å²) in [7, 11) is 5.57. The number of ether oxygens (including phenoxy) is 2. The number of benzene rings is 1. The molecular weight excluding hydrogens is 392 g/mol. The summed E-state index contributed by atoms with van der Waals surface area (Å²) in [5, 5.41) is 7.07. The van der Waals surface area contributed by atoms with Crippen LogP contribution in [0.5, 0.6) is 11.5 Å². The van der Waals surface area contributed by atoms with Crippen LogP contribution in [0.1, 0.15) is 20.3 Å². The van der Waals surface area contributed by atoms with Crippen LogP contribution in [0.4, 0.5) is 5.69 Å². The van der Waals surface area contributed by atoms with Crippen molar-refractivity contribution in [3.63, 3.8) is 0 Å². The molecule has 2 aliphatic heterocycles. The number of anilines is 1. The topological polar surface area (TPSA) is 64.6 Å². The van der Waals surface area contributed by atoms with Gasteiger partial charge in [0.05, 0.1) is 20.8 Å². The molecule has 0 spiro atoms. The molecule has 2 aliphatic rings. The largest absolute Gasteiger partial charge is 0.497 e. The fourth-order valence-electron chi connectivity index (χ4n) is 4.20. The zero-order valence-corrected chi connectivity index (χ0v) is 19.9. The van der Waals surface area contributed by atoms with E-state index in [0.717, 1.165) is 81.9 Å². The second-order valence-electron chi connectivity index (χ2n) is 8.55. The molecule has 0 aromatic heterocycles. The Morgan fingerprint density at radius 1 is 1.10 bits per heavy atom. The molecule has 0 aliphatic carbocycles. The lowest BCUT2D eigenvalue weighted by Gasteiger charge is -2.36. The number of aliphatic imine (C=N–C) groups is 1. The van der Waals surface area contributed by atoms with E-state index in [2.05, 4.69) is 58.4 Å². The van der Waals surface area contributed by atoms with E-state index in [1.54, 1.807) is 14.2 Å². The van der Waals surface area contributed by atoms with Gasteiger partial charge >= 0.3 is 0 Å². The molecule has 2 atom stereocenters. The van der Waals surface area contributed by atoms with Crippen LogP contribution in [-0.4, -0.2) is 101 Å². The van der Waals surface area contributed by atoms with Gasteiger partial charge in [-0.1, -0.05) is 0 Å². The molecule has 0 radical (unpaired) electrons. The molecule has 1 aromatic rings. The first-order chi connectivity index (χ1) is 15.0. The minimum atomic E-state index is 0.355. The number of piperazine rings is 1. The third-order valence-electron chi connectivity index (χ3n) is 6.25. The van der Waals surface area contributed by atoms with Gasteiger partial charge in [-0.25, -0.2) is 0 Å². The van der Waals surface area contributed by atoms with Gasteiger partial charge in [-0.2, -0.15) is 0 Å². The van der Waals surface area contributed by atoms with Crippen molar-refractivity contribution in [2.75, 3.05) is 78.5 Å². The molecule has 8 nitrogen and oxygen atoms in total. The lowest BCUT2D eigenvalue weighted by atomic mass is 10.2. The minimum absolute atomic E-state index is 0.355. The number of nitrogens with zero attached hydrogens (tertiary/aromatic N) is 4. The Kier molecular flexibility index (Phi) is 8.66. The summed E-state index contributed by atoms with van der Waals surface area (Å²) in [6, 6.07) is 6.86. The molecular formula is C23H40N6O2. The van der Waals surface area contributed by atoms with E-state index < -0.39 is 0 Å². The highest BCUT2D eigenvalue weighted by molar-refractivity contribution is 5.80. The Bertz CT molecular complexity index is 698. The van der Waals surface area contributed by atoms with Crippen molar-refractivity contribution < 1.29 is 9.47 Å². The second-order valence-corrected chi connectivity index (χ2v) is 8.55. The van der Waals surface area contributed by atoms with Crippen molar-refractivity contribution in [1.82, 2.24) is 20.4 Å². The molecule has 2 saturated heterocycles. The Hall–Kier alpha value is -2.19. The van der Waals surface area contributed by atoms with Crippen LogP contribution in [0.15, 0.2) is 23.2 Å². The first-order valence-electron chi connectivity index (χ1n) is 11.5. The Morgan fingerprint density at radius 2 is 1.77 bits per heavy atom. The molecule has 2 N–H and O–H groups in total. The van der Waals surface area contributed by atoms with Crippen LogP contribution < -0.4 is 25.0 Å². The fourth-order valence-corrected chi connectivity index (χ4v) is 4.20. The van der Waals surface area contributed by atoms with Crippen LogP contribution in [0.3, 0.4) is 0 Å². The molecule has 174 valence electrons. The standard InChI is InChI=1S/C23H40N6O2/c1-6-24-23(25-16-18(2)28-11-9-27(3)10-12-28)26-19-7-8-29(17-19)20-13-21(30-4)15-22(14-20)31-5/h13-15,18-19H,6-12,16-17H2,1-5H3,(H2,24,25,26). The van der Waals surface area contributed by atoms with Crippen LogP contribution >= 0.6 is 0 Å². The van der Waals surface area contributed by atoms with Gasteiger partial charge in [0.15, 0.2) is 5.96 Å². The SMILES string of the molecule is CCNC(=NCC(C)N1CCN(C)CC1)NC1CCN(c2cc(OC)cc(OC)c2)C1. The van der Waals surface area contributed by atoms with E-state index in [9.17, 15) is 0 Å². The third-order valence-corrected chi connectivity index (χ3v) is 6.25. The lowest BCUT2D eigenvalue weighted by Crippen LogP contribution is -2.49. The van der Waals surface area contributed by atoms with E-state index in [4.69, 9.17) is 14.5 Å². The predicted octanol–water partition coefficient (Wildman–Crippen LogP) is 1.47. The number of guanidine groups is 1. The molecule has 0 saturated carbocycles. The first kappa shape index (κ1) is 23.5. The van der Waals surface area contributed by atoms with Crippen LogP contribution in [0.2, 0.25) is 0 Å². The van der Waals surface area contributed by atoms with Crippen molar-refractivity contribution in [2.24, 2.45) is 4.99 Å². The molecule has 1 aromatic carbocycles. The Morgan fingerprint density at radius 3 is 2.39 bits per heavy atom. The van der Waals surface area contributed by atoms with E-state index in [0.29, 0.717) is 12.1 Å². The van der Waals surface area contributed by atoms with E-state index in [1.165, 1.54) is 0 Å². The Labute approximate surface area is 187 Å². The first-order valence-corrected chi connectivity index (χ1v) is 11.5. The van der Waals surface area contributed by atoms with Crippen molar-refractivity contribution in [1.29, 1.82) is 0 Å². The maximum Gasteiger partial charge on any atom is 0.191 e. The maximum atomic E-state index is 5.43. The van der Waals surface area contributed by atoms with E-state index >= 15 is 0 Å². The quantitative estimate of drug-likeness (QED) is 0.476. The van der Waals surface area contributed by atoms with Crippen molar-refractivity contribution in [3.8, 4) is 11.5 Å². The summed E-state index contributed by atoms with van der Waals surface area (Å²) in [6.45, 7) is 12.5. The predicted molar refractivity (Wildman–Crippen MR) is 128 cm³/mol. The van der Waals surface area contributed by atoms with Gasteiger partial charge in [0.2, 0.25) is 0 Å². The zero-order chi connectivity index (χ0) is 22.2. The van der Waals surface area contributed by atoms with Gasteiger partial charge in [-0.3, -0.25) is 9.89 Å². The molecule has 31 heavy (non-hydrogen) atoms. The number of methoxy groups -OCH3 is 2. The highest BCUT2D eigenvalue weighted by atomic mass is 16.5. The van der Waals surface area contributed by atoms with Crippen LogP contribution in [0.25, 0.3) is 0 Å². The lowest BCUT2D eigenvalue weighted by molar-refractivity contribution is 0.122. The highest BCUT2D eigenvalue weighted by Gasteiger charge is 2.25. The van der Waals surface area contributed by atoms with Crippen LogP contribution in [-0.2, 0) is 0 Å². The fraction of sp³-hybridized carbons (Fsp3) is 0.696. The van der Waals surface area contributed by atoms with Gasteiger partial charge in [0.1, 0.15) is 11.5 Å². The number of rotatable bonds is 8. The Balaban J connectivity index is 1.56. The number of hydrogen-bond acceptors (Lipinski definition) is 6. The molecule has 3 rings (SSSR count). The van der Waals surface area contributed by atoms with Gasteiger partial charge in [-0.05, 0) is 27.3 Å². The van der Waals surface area contributed by atoms with Crippen molar-refractivity contribution in [2.45, 2.75) is 32.4 Å². The van der Waals surface area contributed by atoms with E-state index in [1.807, 2.05) is 6.07 Å². The number of likely N-dealkylation sites (N-methyl/N-ethyl adjacent to an activating group) is 1. The van der Waals surface area contributed by atoms with Gasteiger partial charge in [-0.15, -0.1) is 0 Å². The average molecular weight is 433 g/mol. The zero-order valence-electron chi connectivity index (χ0n) is 19.9. The average Bonchev–Trinajstić information content (AvgIpc) is 3.26. The molecule has 2 unspecified atom stereocenters. The van der Waals surface area contributed by atoms with Crippen molar-refractivity contribution in [3.05, 3.63) is 18.2 Å². The molecule has 0 bridgehead atoms. The number of hydrogen-bond donors (Lipinski definition) is 2. The highest BCUT2D eigenvalue weighted by Crippen LogP contribution is 2.30. The monoisotopic (exact) mass is 432 g/mol. The second kappa shape index (κ2) is 11.4. The summed E-state index contributed by atoms with van der Waals surface area (Å²) in [5.41, 5.74) is 1.13. The van der Waals surface area contributed by atoms with Gasteiger partial charge in [0.25, 0.3) is 0 Å². The summed E-state index contributed by atoms with van der Waals surface area (Å²) >= 11 is 0. The molecule has 2 heterocycles. The van der Waals surface area contributed by atoms with Crippen LogP contribution in [0, 0.1) is 0 Å². The van der Waals surface area contributed by atoms with Gasteiger partial charge in [0, 0.05) is 81.8 Å². The van der Waals surface area contributed by atoms with E-state index in [-0.39, 0.29) is 0 Å². The van der Waals surface area contributed by atoms with Crippen molar-refractivity contribution >= 4 is 11.6 Å². The number of nitrogens with one attached hydrogen (secondary N) is 2. The summed E-state index contributed by atoms with van der Waals surface area (Å²) < 4.78 is 10.9. The summed E-state index contributed by atoms with van der Waals surface area (Å²) in [5.74, 6) is 2.55. The molecule has 2 fully saturated rings. The maximum absolute atomic E-state index is 5.43.